The lowest BCUT2D eigenvalue weighted by molar-refractivity contribution is -0.126. The number of carbonyl (C=O) groups excluding carboxylic acids is 1. The SMILES string of the molecule is C[C@@]1(C(C(N)=O)(c2ccccc2)c2ccccc2)CCN(CCc2ccc3c(c2)CCO3)C1. The van der Waals surface area contributed by atoms with Crippen molar-refractivity contribution in [2.75, 3.05) is 26.2 Å². The Hall–Kier alpha value is -3.11. The molecule has 0 saturated carbocycles. The molecule has 4 heteroatoms. The first kappa shape index (κ1) is 21.7. The minimum atomic E-state index is -0.880. The van der Waals surface area contributed by atoms with E-state index in [1.54, 1.807) is 0 Å². The van der Waals surface area contributed by atoms with Crippen LogP contribution in [0.4, 0.5) is 0 Å². The first-order chi connectivity index (χ1) is 16.0. The topological polar surface area (TPSA) is 55.6 Å². The standard InChI is InChI=1S/C29H32N2O2/c1-28(16-18-31(21-28)17-14-22-12-13-26-23(20-22)15-19-33-26)29(27(30)32,24-8-4-2-5-9-24)25-10-6-3-7-11-25/h2-13,20H,14-19,21H2,1H3,(H2,30,32)/t28-/m1/s1. The number of benzene rings is 3. The van der Waals surface area contributed by atoms with E-state index >= 15 is 0 Å². The van der Waals surface area contributed by atoms with E-state index < -0.39 is 5.41 Å². The number of primary amides is 1. The molecule has 3 aromatic carbocycles. The Morgan fingerprint density at radius 2 is 1.70 bits per heavy atom. The summed E-state index contributed by atoms with van der Waals surface area (Å²) in [5.74, 6) is 0.757. The van der Waals surface area contributed by atoms with E-state index in [-0.39, 0.29) is 11.3 Å². The molecule has 2 N–H and O–H groups in total. The summed E-state index contributed by atoms with van der Waals surface area (Å²) in [5.41, 5.74) is 9.73. The Bertz CT molecular complexity index is 1090. The van der Waals surface area contributed by atoms with Gasteiger partial charge in [0.25, 0.3) is 0 Å². The summed E-state index contributed by atoms with van der Waals surface area (Å²) in [4.78, 5) is 15.9. The number of amides is 1. The van der Waals surface area contributed by atoms with E-state index in [1.807, 2.05) is 36.4 Å². The van der Waals surface area contributed by atoms with Gasteiger partial charge < -0.3 is 15.4 Å². The van der Waals surface area contributed by atoms with Gasteiger partial charge in [0, 0.05) is 24.9 Å². The molecule has 0 spiro atoms. The number of fused-ring (bicyclic) bond motifs is 1. The zero-order chi connectivity index (χ0) is 22.9. The van der Waals surface area contributed by atoms with E-state index in [0.717, 1.165) is 62.4 Å². The molecule has 2 heterocycles. The van der Waals surface area contributed by atoms with Gasteiger partial charge in [-0.2, -0.15) is 0 Å². The minimum absolute atomic E-state index is 0.275. The van der Waals surface area contributed by atoms with Crippen LogP contribution in [0.3, 0.4) is 0 Å². The molecule has 3 aromatic rings. The third-order valence-electron chi connectivity index (χ3n) is 7.71. The van der Waals surface area contributed by atoms with Gasteiger partial charge in [0.2, 0.25) is 5.91 Å². The van der Waals surface area contributed by atoms with Crippen LogP contribution in [0, 0.1) is 5.41 Å². The fourth-order valence-corrected chi connectivity index (χ4v) is 6.06. The molecule has 2 aliphatic rings. The number of hydrogen-bond acceptors (Lipinski definition) is 3. The molecule has 5 rings (SSSR count). The van der Waals surface area contributed by atoms with Crippen LogP contribution in [-0.4, -0.2) is 37.0 Å². The summed E-state index contributed by atoms with van der Waals surface area (Å²) in [6, 6.07) is 26.8. The summed E-state index contributed by atoms with van der Waals surface area (Å²) >= 11 is 0. The highest BCUT2D eigenvalue weighted by Crippen LogP contribution is 2.52. The fourth-order valence-electron chi connectivity index (χ4n) is 6.06. The summed E-state index contributed by atoms with van der Waals surface area (Å²) in [7, 11) is 0. The highest BCUT2D eigenvalue weighted by Gasteiger charge is 2.57. The second-order valence-electron chi connectivity index (χ2n) is 9.72. The van der Waals surface area contributed by atoms with Gasteiger partial charge in [-0.1, -0.05) is 79.7 Å². The molecule has 1 saturated heterocycles. The molecule has 0 radical (unpaired) electrons. The highest BCUT2D eigenvalue weighted by molar-refractivity contribution is 5.92. The summed E-state index contributed by atoms with van der Waals surface area (Å²) in [6.45, 7) is 5.78. The molecular formula is C29H32N2O2. The lowest BCUT2D eigenvalue weighted by Gasteiger charge is -2.45. The zero-order valence-corrected chi connectivity index (χ0v) is 19.3. The lowest BCUT2D eigenvalue weighted by Crippen LogP contribution is -2.55. The maximum Gasteiger partial charge on any atom is 0.233 e. The number of rotatable bonds is 7. The molecule has 4 nitrogen and oxygen atoms in total. The zero-order valence-electron chi connectivity index (χ0n) is 19.3. The number of carbonyl (C=O) groups is 1. The van der Waals surface area contributed by atoms with Crippen molar-refractivity contribution in [1.29, 1.82) is 0 Å². The second-order valence-corrected chi connectivity index (χ2v) is 9.72. The van der Waals surface area contributed by atoms with Crippen LogP contribution in [0.2, 0.25) is 0 Å². The maximum absolute atomic E-state index is 13.4. The van der Waals surface area contributed by atoms with E-state index in [1.165, 1.54) is 11.1 Å². The molecule has 33 heavy (non-hydrogen) atoms. The van der Waals surface area contributed by atoms with Gasteiger partial charge in [-0.05, 0) is 47.7 Å². The van der Waals surface area contributed by atoms with Crippen LogP contribution < -0.4 is 10.5 Å². The highest BCUT2D eigenvalue weighted by atomic mass is 16.5. The van der Waals surface area contributed by atoms with Crippen LogP contribution in [0.25, 0.3) is 0 Å². The van der Waals surface area contributed by atoms with Crippen molar-refractivity contribution in [3.05, 3.63) is 101 Å². The number of hydrogen-bond donors (Lipinski definition) is 1. The normalized spacial score (nSPS) is 20.4. The van der Waals surface area contributed by atoms with E-state index in [2.05, 4.69) is 54.3 Å². The fraction of sp³-hybridized carbons (Fsp3) is 0.345. The predicted octanol–water partition coefficient (Wildman–Crippen LogP) is 4.35. The van der Waals surface area contributed by atoms with E-state index in [4.69, 9.17) is 10.5 Å². The maximum atomic E-state index is 13.4. The van der Waals surface area contributed by atoms with Crippen molar-refractivity contribution in [2.24, 2.45) is 11.1 Å². The van der Waals surface area contributed by atoms with Crippen molar-refractivity contribution < 1.29 is 9.53 Å². The lowest BCUT2D eigenvalue weighted by atomic mass is 9.56. The molecule has 0 aromatic heterocycles. The van der Waals surface area contributed by atoms with Gasteiger partial charge in [-0.3, -0.25) is 4.79 Å². The average molecular weight is 441 g/mol. The number of likely N-dealkylation sites (tertiary alicyclic amines) is 1. The molecule has 170 valence electrons. The summed E-state index contributed by atoms with van der Waals surface area (Å²) in [5, 5.41) is 0. The first-order valence-electron chi connectivity index (χ1n) is 11.9. The van der Waals surface area contributed by atoms with Gasteiger partial charge in [-0.15, -0.1) is 0 Å². The van der Waals surface area contributed by atoms with Crippen LogP contribution >= 0.6 is 0 Å². The molecule has 2 aliphatic heterocycles. The first-order valence-corrected chi connectivity index (χ1v) is 11.9. The van der Waals surface area contributed by atoms with Crippen LogP contribution in [-0.2, 0) is 23.1 Å². The Kier molecular flexibility index (Phi) is 5.71. The quantitative estimate of drug-likeness (QED) is 0.594. The average Bonchev–Trinajstić information content (AvgIpc) is 3.46. The second kappa shape index (κ2) is 8.68. The monoisotopic (exact) mass is 440 g/mol. The van der Waals surface area contributed by atoms with Crippen LogP contribution in [0.15, 0.2) is 78.9 Å². The van der Waals surface area contributed by atoms with Crippen LogP contribution in [0.5, 0.6) is 5.75 Å². The largest absolute Gasteiger partial charge is 0.493 e. The molecule has 1 atom stereocenters. The van der Waals surface area contributed by atoms with Crippen LogP contribution in [0.1, 0.15) is 35.6 Å². The van der Waals surface area contributed by atoms with E-state index in [9.17, 15) is 4.79 Å². The molecule has 1 fully saturated rings. The third kappa shape index (κ3) is 3.72. The Balaban J connectivity index is 1.43. The smallest absolute Gasteiger partial charge is 0.233 e. The number of nitrogens with two attached hydrogens (primary N) is 1. The third-order valence-corrected chi connectivity index (χ3v) is 7.71. The molecule has 0 bridgehead atoms. The Morgan fingerprint density at radius 1 is 1.03 bits per heavy atom. The Morgan fingerprint density at radius 3 is 2.33 bits per heavy atom. The minimum Gasteiger partial charge on any atom is -0.493 e. The van der Waals surface area contributed by atoms with Crippen molar-refractivity contribution in [3.8, 4) is 5.75 Å². The molecular weight excluding hydrogens is 408 g/mol. The van der Waals surface area contributed by atoms with E-state index in [0.29, 0.717) is 0 Å². The van der Waals surface area contributed by atoms with Gasteiger partial charge in [-0.25, -0.2) is 0 Å². The van der Waals surface area contributed by atoms with Gasteiger partial charge in [0.05, 0.1) is 6.61 Å². The molecule has 0 unspecified atom stereocenters. The number of ether oxygens (including phenoxy) is 1. The van der Waals surface area contributed by atoms with Gasteiger partial charge in [0.1, 0.15) is 11.2 Å². The van der Waals surface area contributed by atoms with Crippen molar-refractivity contribution in [1.82, 2.24) is 4.90 Å². The summed E-state index contributed by atoms with van der Waals surface area (Å²) < 4.78 is 5.65. The van der Waals surface area contributed by atoms with Gasteiger partial charge >= 0.3 is 0 Å². The summed E-state index contributed by atoms with van der Waals surface area (Å²) in [6.07, 6.45) is 2.90. The molecule has 0 aliphatic carbocycles. The Labute approximate surface area is 196 Å². The van der Waals surface area contributed by atoms with Crippen molar-refractivity contribution in [3.63, 3.8) is 0 Å². The van der Waals surface area contributed by atoms with Gasteiger partial charge in [0.15, 0.2) is 0 Å². The number of nitrogens with zero attached hydrogens (tertiary/aromatic N) is 1. The predicted molar refractivity (Wildman–Crippen MR) is 131 cm³/mol. The van der Waals surface area contributed by atoms with Crippen molar-refractivity contribution in [2.45, 2.75) is 31.6 Å². The molecule has 1 amide bonds. The van der Waals surface area contributed by atoms with Crippen molar-refractivity contribution >= 4 is 5.91 Å².